The molecule has 1 fully saturated rings. The summed E-state index contributed by atoms with van der Waals surface area (Å²) < 4.78 is 6.80. The molecule has 19 heavy (non-hydrogen) atoms. The number of piperidine rings is 1. The fourth-order valence-corrected chi connectivity index (χ4v) is 3.88. The number of aryl methyl sites for hydroxylation is 1. The molecule has 1 N–H and O–H groups in total. The van der Waals surface area contributed by atoms with Gasteiger partial charge in [-0.3, -0.25) is 0 Å². The summed E-state index contributed by atoms with van der Waals surface area (Å²) in [4.78, 5) is 1.65. The van der Waals surface area contributed by atoms with Gasteiger partial charge in [-0.25, -0.2) is 0 Å². The minimum atomic E-state index is 0.689. The number of quaternary nitrogens is 1. The van der Waals surface area contributed by atoms with Crippen molar-refractivity contribution in [3.8, 4) is 5.75 Å². The summed E-state index contributed by atoms with van der Waals surface area (Å²) in [6, 6.07) is 3.98. The van der Waals surface area contributed by atoms with E-state index in [9.17, 15) is 0 Å². The second-order valence-electron chi connectivity index (χ2n) is 5.61. The van der Waals surface area contributed by atoms with Crippen molar-refractivity contribution in [3.05, 3.63) is 27.2 Å². The van der Waals surface area contributed by atoms with Gasteiger partial charge >= 0.3 is 0 Å². The summed E-state index contributed by atoms with van der Waals surface area (Å²) >= 11 is 9.74. The van der Waals surface area contributed by atoms with Gasteiger partial charge in [0.25, 0.3) is 0 Å². The Labute approximate surface area is 129 Å². The number of benzene rings is 1. The van der Waals surface area contributed by atoms with Crippen LogP contribution in [0.15, 0.2) is 16.6 Å². The van der Waals surface area contributed by atoms with Gasteiger partial charge in [-0.15, -0.1) is 0 Å². The van der Waals surface area contributed by atoms with Crippen LogP contribution in [0.5, 0.6) is 5.75 Å². The van der Waals surface area contributed by atoms with Crippen LogP contribution in [0.3, 0.4) is 0 Å². The van der Waals surface area contributed by atoms with Gasteiger partial charge in [0.1, 0.15) is 13.2 Å². The Morgan fingerprint density at radius 2 is 2.26 bits per heavy atom. The minimum absolute atomic E-state index is 0.689. The van der Waals surface area contributed by atoms with E-state index in [2.05, 4.69) is 22.9 Å². The highest BCUT2D eigenvalue weighted by molar-refractivity contribution is 9.10. The number of likely N-dealkylation sites (tertiary alicyclic amines) is 1. The van der Waals surface area contributed by atoms with Gasteiger partial charge in [0.05, 0.1) is 22.6 Å². The largest absolute Gasteiger partial charge is 0.485 e. The highest BCUT2D eigenvalue weighted by Crippen LogP contribution is 2.34. The summed E-state index contributed by atoms with van der Waals surface area (Å²) in [5.41, 5.74) is 1.14. The van der Waals surface area contributed by atoms with Crippen molar-refractivity contribution in [2.75, 3.05) is 26.2 Å². The van der Waals surface area contributed by atoms with Crippen LogP contribution in [0, 0.1) is 12.8 Å². The van der Waals surface area contributed by atoms with Crippen LogP contribution in [0.4, 0.5) is 0 Å². The molecule has 0 bridgehead atoms. The molecule has 1 aliphatic heterocycles. The zero-order chi connectivity index (χ0) is 13.8. The highest BCUT2D eigenvalue weighted by atomic mass is 79.9. The molecule has 1 saturated heterocycles. The predicted octanol–water partition coefficient (Wildman–Crippen LogP) is 3.10. The average molecular weight is 348 g/mol. The fourth-order valence-electron chi connectivity index (χ4n) is 2.75. The molecule has 1 aliphatic rings. The SMILES string of the molecule is Cc1cc(Cl)c(OCC[NH+]2CCC[C@H](C)C2)c(Br)c1. The molecule has 1 unspecified atom stereocenters. The summed E-state index contributed by atoms with van der Waals surface area (Å²) in [5.74, 6) is 1.62. The van der Waals surface area contributed by atoms with Gasteiger partial charge in [-0.2, -0.15) is 0 Å². The van der Waals surface area contributed by atoms with Crippen LogP contribution >= 0.6 is 27.5 Å². The van der Waals surface area contributed by atoms with E-state index in [-0.39, 0.29) is 0 Å². The number of nitrogens with one attached hydrogen (secondary N) is 1. The van der Waals surface area contributed by atoms with Gasteiger partial charge in [-0.05, 0) is 53.4 Å². The highest BCUT2D eigenvalue weighted by Gasteiger charge is 2.19. The zero-order valence-corrected chi connectivity index (χ0v) is 14.0. The molecule has 1 heterocycles. The fraction of sp³-hybridized carbons (Fsp3) is 0.600. The van der Waals surface area contributed by atoms with Crippen molar-refractivity contribution in [3.63, 3.8) is 0 Å². The van der Waals surface area contributed by atoms with E-state index < -0.39 is 0 Å². The van der Waals surface area contributed by atoms with Crippen LogP contribution < -0.4 is 9.64 Å². The van der Waals surface area contributed by atoms with Crippen molar-refractivity contribution in [2.24, 2.45) is 5.92 Å². The lowest BCUT2D eigenvalue weighted by atomic mass is 10.0. The molecule has 2 atom stereocenters. The number of hydrogen-bond acceptors (Lipinski definition) is 1. The van der Waals surface area contributed by atoms with E-state index in [4.69, 9.17) is 16.3 Å². The Morgan fingerprint density at radius 3 is 2.95 bits per heavy atom. The van der Waals surface area contributed by atoms with E-state index in [1.165, 1.54) is 25.9 Å². The third-order valence-corrected chi connectivity index (χ3v) is 4.58. The smallest absolute Gasteiger partial charge is 0.152 e. The third kappa shape index (κ3) is 4.37. The maximum absolute atomic E-state index is 6.22. The molecule has 1 aromatic rings. The van der Waals surface area contributed by atoms with Gasteiger partial charge in [-0.1, -0.05) is 18.5 Å². The van der Waals surface area contributed by atoms with Crippen molar-refractivity contribution in [1.82, 2.24) is 0 Å². The number of hydrogen-bond donors (Lipinski definition) is 1. The number of halogens is 2. The first-order chi connectivity index (χ1) is 9.06. The Kier molecular flexibility index (Phi) is 5.55. The van der Waals surface area contributed by atoms with Crippen molar-refractivity contribution >= 4 is 27.5 Å². The van der Waals surface area contributed by atoms with Gasteiger partial charge in [0.15, 0.2) is 5.75 Å². The van der Waals surface area contributed by atoms with E-state index in [0.717, 1.165) is 34.9 Å². The Hall–Kier alpha value is -0.250. The van der Waals surface area contributed by atoms with Gasteiger partial charge in [0, 0.05) is 5.92 Å². The molecule has 4 heteroatoms. The number of ether oxygens (including phenoxy) is 1. The maximum Gasteiger partial charge on any atom is 0.152 e. The van der Waals surface area contributed by atoms with E-state index >= 15 is 0 Å². The first-order valence-corrected chi connectivity index (χ1v) is 8.15. The van der Waals surface area contributed by atoms with Crippen LogP contribution in [-0.4, -0.2) is 26.2 Å². The molecule has 0 radical (unpaired) electrons. The molecular formula is C15H22BrClNO+. The molecule has 0 saturated carbocycles. The monoisotopic (exact) mass is 346 g/mol. The van der Waals surface area contributed by atoms with Crippen molar-refractivity contribution in [2.45, 2.75) is 26.7 Å². The Morgan fingerprint density at radius 1 is 1.47 bits per heavy atom. The Bertz CT molecular complexity index is 415. The van der Waals surface area contributed by atoms with Crippen LogP contribution in [-0.2, 0) is 0 Å². The Balaban J connectivity index is 1.85. The lowest BCUT2D eigenvalue weighted by Crippen LogP contribution is -3.14. The van der Waals surface area contributed by atoms with Crippen molar-refractivity contribution in [1.29, 1.82) is 0 Å². The molecule has 0 aliphatic carbocycles. The second-order valence-corrected chi connectivity index (χ2v) is 6.87. The summed E-state index contributed by atoms with van der Waals surface area (Å²) in [7, 11) is 0. The van der Waals surface area contributed by atoms with Gasteiger partial charge in [0.2, 0.25) is 0 Å². The van der Waals surface area contributed by atoms with E-state index in [1.807, 2.05) is 19.1 Å². The quantitative estimate of drug-likeness (QED) is 0.883. The van der Waals surface area contributed by atoms with Crippen LogP contribution in [0.2, 0.25) is 5.02 Å². The number of rotatable bonds is 4. The standard InChI is InChI=1S/C15H21BrClNO/c1-11-4-3-5-18(10-11)6-7-19-15-13(16)8-12(2)9-14(15)17/h8-9,11H,3-7,10H2,1-2H3/p+1/t11-/m0/s1. The molecule has 2 nitrogen and oxygen atoms in total. The summed E-state index contributed by atoms with van der Waals surface area (Å²) in [6.45, 7) is 8.69. The molecule has 106 valence electrons. The minimum Gasteiger partial charge on any atom is -0.485 e. The third-order valence-electron chi connectivity index (χ3n) is 3.71. The first kappa shape index (κ1) is 15.1. The van der Waals surface area contributed by atoms with Crippen LogP contribution in [0.25, 0.3) is 0 Å². The normalized spacial score (nSPS) is 23.4. The average Bonchev–Trinajstić information content (AvgIpc) is 2.32. The summed E-state index contributed by atoms with van der Waals surface area (Å²) in [6.07, 6.45) is 2.71. The summed E-state index contributed by atoms with van der Waals surface area (Å²) in [5, 5.41) is 0.689. The van der Waals surface area contributed by atoms with Crippen LogP contribution in [0.1, 0.15) is 25.3 Å². The molecule has 0 amide bonds. The topological polar surface area (TPSA) is 13.7 Å². The lowest BCUT2D eigenvalue weighted by molar-refractivity contribution is -0.908. The second kappa shape index (κ2) is 6.96. The molecular weight excluding hydrogens is 326 g/mol. The predicted molar refractivity (Wildman–Crippen MR) is 83.3 cm³/mol. The first-order valence-electron chi connectivity index (χ1n) is 6.98. The van der Waals surface area contributed by atoms with E-state index in [0.29, 0.717) is 5.02 Å². The molecule has 0 spiro atoms. The lowest BCUT2D eigenvalue weighted by Gasteiger charge is -2.27. The molecule has 0 aromatic heterocycles. The van der Waals surface area contributed by atoms with E-state index in [1.54, 1.807) is 4.90 Å². The van der Waals surface area contributed by atoms with Crippen molar-refractivity contribution < 1.29 is 9.64 Å². The molecule has 2 rings (SSSR count). The zero-order valence-electron chi connectivity index (χ0n) is 11.6. The van der Waals surface area contributed by atoms with Gasteiger partial charge < -0.3 is 9.64 Å². The maximum atomic E-state index is 6.22. The molecule has 1 aromatic carbocycles.